The zero-order valence-electron chi connectivity index (χ0n) is 24.6. The van der Waals surface area contributed by atoms with Crippen LogP contribution in [0.1, 0.15) is 39.0 Å². The van der Waals surface area contributed by atoms with E-state index in [1.54, 1.807) is 26.1 Å². The van der Waals surface area contributed by atoms with Gasteiger partial charge in [0.2, 0.25) is 5.88 Å². The number of nitrogens with one attached hydrogen (secondary N) is 2. The van der Waals surface area contributed by atoms with Gasteiger partial charge in [-0.3, -0.25) is 0 Å². The highest BCUT2D eigenvalue weighted by Gasteiger charge is 2.18. The van der Waals surface area contributed by atoms with E-state index in [4.69, 9.17) is 21.1 Å². The molecule has 0 aliphatic heterocycles. The second-order valence-corrected chi connectivity index (χ2v) is 8.43. The van der Waals surface area contributed by atoms with Gasteiger partial charge in [-0.15, -0.1) is 13.2 Å². The molecule has 0 saturated heterocycles. The lowest BCUT2D eigenvalue weighted by atomic mass is 10.0. The number of aryl methyl sites for hydroxylation is 1. The second-order valence-electron chi connectivity index (χ2n) is 7.42. The Morgan fingerprint density at radius 1 is 1.07 bits per heavy atom. The quantitative estimate of drug-likeness (QED) is 0.168. The van der Waals surface area contributed by atoms with E-state index >= 15 is 0 Å². The number of pyridine rings is 2. The summed E-state index contributed by atoms with van der Waals surface area (Å²) in [4.78, 5) is 16.2. The molecular weight excluding hydrogens is 572 g/mol. The van der Waals surface area contributed by atoms with Crippen molar-refractivity contribution in [1.82, 2.24) is 15.3 Å². The van der Waals surface area contributed by atoms with Crippen LogP contribution in [0.15, 0.2) is 67.1 Å². The van der Waals surface area contributed by atoms with E-state index < -0.39 is 11.6 Å². The van der Waals surface area contributed by atoms with Gasteiger partial charge in [-0.1, -0.05) is 41.3 Å². The molecule has 0 saturated carbocycles. The number of methoxy groups -OCH3 is 1. The van der Waals surface area contributed by atoms with Gasteiger partial charge >= 0.3 is 0 Å². The fourth-order valence-electron chi connectivity index (χ4n) is 3.12. The van der Waals surface area contributed by atoms with E-state index in [0.717, 1.165) is 17.5 Å². The van der Waals surface area contributed by atoms with Crippen LogP contribution in [0.4, 0.5) is 18.9 Å². The fraction of sp³-hybridized carbons (Fsp3) is 0.233. The molecule has 2 N–H and O–H groups in total. The largest absolute Gasteiger partial charge is 0.481 e. The summed E-state index contributed by atoms with van der Waals surface area (Å²) < 4.78 is 45.9. The van der Waals surface area contributed by atoms with Crippen LogP contribution >= 0.6 is 20.8 Å². The average molecular weight is 611 g/mol. The number of allylic oxidation sites excluding steroid dienone is 2. The third-order valence-corrected chi connectivity index (χ3v) is 5.55. The molecule has 2 heterocycles. The smallest absolute Gasteiger partial charge is 0.216 e. The van der Waals surface area contributed by atoms with Crippen molar-refractivity contribution in [3.8, 4) is 17.0 Å². The molecule has 0 aliphatic rings. The first-order chi connectivity index (χ1) is 19.5. The van der Waals surface area contributed by atoms with Crippen LogP contribution in [0.2, 0.25) is 0 Å². The molecule has 3 aromatic rings. The van der Waals surface area contributed by atoms with Crippen LogP contribution in [0.5, 0.6) is 5.88 Å². The maximum atomic E-state index is 14.5. The van der Waals surface area contributed by atoms with Gasteiger partial charge in [-0.2, -0.15) is 0 Å². The second kappa shape index (κ2) is 21.1. The van der Waals surface area contributed by atoms with Gasteiger partial charge in [-0.25, -0.2) is 23.1 Å². The van der Waals surface area contributed by atoms with Crippen molar-refractivity contribution in [2.45, 2.75) is 34.6 Å². The molecule has 2 aromatic heterocycles. The van der Waals surface area contributed by atoms with Gasteiger partial charge < -0.3 is 20.2 Å². The number of rotatable bonds is 6. The Morgan fingerprint density at radius 2 is 1.66 bits per heavy atom. The summed E-state index contributed by atoms with van der Waals surface area (Å²) in [5.74, 6) is -1.15. The zero-order valence-corrected chi connectivity index (χ0v) is 26.5. The molecule has 0 spiro atoms. The summed E-state index contributed by atoms with van der Waals surface area (Å²) in [6.45, 7) is 21.0. The van der Waals surface area contributed by atoms with Crippen LogP contribution in [0.3, 0.4) is 0 Å². The van der Waals surface area contributed by atoms with E-state index in [2.05, 4.69) is 49.6 Å². The molecule has 41 heavy (non-hydrogen) atoms. The number of halogens is 4. The number of nitrogens with zero attached hydrogens (tertiary/aromatic N) is 2. The predicted molar refractivity (Wildman–Crippen MR) is 170 cm³/mol. The minimum absolute atomic E-state index is 0.110. The van der Waals surface area contributed by atoms with Crippen molar-refractivity contribution in [3.63, 3.8) is 0 Å². The highest BCUT2D eigenvalue weighted by atomic mass is 35.5. The Morgan fingerprint density at radius 3 is 2.12 bits per heavy atom. The molecular formula is C30H39ClF3N4O2P. The number of carbonyl (C=O) groups excluding carboxylic acids is 1. The number of benzene rings is 1. The predicted octanol–water partition coefficient (Wildman–Crippen LogP) is 7.80. The molecule has 1 aromatic carbocycles. The lowest BCUT2D eigenvalue weighted by molar-refractivity contribution is -0.0980. The number of aromatic nitrogens is 2. The molecule has 0 bridgehead atoms. The first-order valence-corrected chi connectivity index (χ1v) is 13.1. The van der Waals surface area contributed by atoms with Crippen LogP contribution < -0.4 is 20.8 Å². The van der Waals surface area contributed by atoms with Crippen LogP contribution in [-0.2, 0) is 4.79 Å². The molecule has 3 rings (SSSR count). The third-order valence-electron chi connectivity index (χ3n) is 5.01. The van der Waals surface area contributed by atoms with Crippen LogP contribution in [-0.4, -0.2) is 30.9 Å². The van der Waals surface area contributed by atoms with Crippen molar-refractivity contribution in [2.75, 3.05) is 19.5 Å². The van der Waals surface area contributed by atoms with Crippen molar-refractivity contribution < 1.29 is 22.7 Å². The standard InChI is InChI=1S/C18H19ClF2N3P.C7H8FNO.C2H6.C2H4.CH2O/c1-9(10(2)23-11(3)19)14-7-5-12(18(25)24-14)16-13(20)6-8-15(22-4)17(16)21;1-5-3-6(8)4-9-7(5)10-2;3*1-2/h5-8,22-23H,3,25H2,1-2,4H3;3-4H,1-2H3;1-2H3;1-2H2;1H2/b10-9+;;;;. The molecule has 1 atom stereocenters. The maximum Gasteiger partial charge on any atom is 0.216 e. The van der Waals surface area contributed by atoms with Gasteiger partial charge in [0, 0.05) is 23.9 Å². The van der Waals surface area contributed by atoms with E-state index in [1.807, 2.05) is 34.5 Å². The van der Waals surface area contributed by atoms with Gasteiger partial charge in [0.05, 0.1) is 40.8 Å². The summed E-state index contributed by atoms with van der Waals surface area (Å²) in [5, 5.41) is 5.92. The summed E-state index contributed by atoms with van der Waals surface area (Å²) in [7, 11) is 5.52. The Hall–Kier alpha value is -3.68. The number of hydrogen-bond donors (Lipinski definition) is 2. The molecule has 224 valence electrons. The third kappa shape index (κ3) is 12.2. The van der Waals surface area contributed by atoms with E-state index in [0.29, 0.717) is 33.3 Å². The van der Waals surface area contributed by atoms with Crippen molar-refractivity contribution in [3.05, 3.63) is 95.8 Å². The number of anilines is 1. The minimum Gasteiger partial charge on any atom is -0.481 e. The van der Waals surface area contributed by atoms with Gasteiger partial charge in [0.15, 0.2) is 5.82 Å². The van der Waals surface area contributed by atoms with Gasteiger partial charge in [0.25, 0.3) is 0 Å². The zero-order chi connectivity index (χ0) is 32.3. The van der Waals surface area contributed by atoms with Crippen molar-refractivity contribution >= 4 is 44.3 Å². The summed E-state index contributed by atoms with van der Waals surface area (Å²) in [6.07, 6.45) is 1.13. The first kappa shape index (κ1) is 39.5. The SMILES string of the molecule is C=C.C=C(Cl)N/C(C)=C(\C)c1ccc(-c2c(F)ccc(NC)c2F)c(P)n1.C=O.CC.COc1ncc(F)cc1C. The molecule has 6 nitrogen and oxygen atoms in total. The molecule has 11 heteroatoms. The average Bonchev–Trinajstić information content (AvgIpc) is 2.97. The lowest BCUT2D eigenvalue weighted by Crippen LogP contribution is -2.11. The summed E-state index contributed by atoms with van der Waals surface area (Å²) in [5.41, 5.74) is 3.95. The summed E-state index contributed by atoms with van der Waals surface area (Å²) >= 11 is 5.75. The first-order valence-electron chi connectivity index (χ1n) is 12.2. The Balaban J connectivity index is 0. The van der Waals surface area contributed by atoms with Crippen LogP contribution in [0.25, 0.3) is 16.7 Å². The maximum absolute atomic E-state index is 14.5. The van der Waals surface area contributed by atoms with E-state index in [9.17, 15) is 13.2 Å². The van der Waals surface area contributed by atoms with E-state index in [1.165, 1.54) is 25.3 Å². The normalized spacial score (nSPS) is 9.85. The van der Waals surface area contributed by atoms with Gasteiger partial charge in [-0.05, 0) is 56.7 Å². The lowest BCUT2D eigenvalue weighted by Gasteiger charge is -2.14. The number of hydrogen-bond acceptors (Lipinski definition) is 6. The molecule has 1 unspecified atom stereocenters. The summed E-state index contributed by atoms with van der Waals surface area (Å²) in [6, 6.07) is 7.34. The minimum atomic E-state index is -0.649. The van der Waals surface area contributed by atoms with E-state index in [-0.39, 0.29) is 17.1 Å². The fourth-order valence-corrected chi connectivity index (χ4v) is 3.64. The highest BCUT2D eigenvalue weighted by Crippen LogP contribution is 2.30. The van der Waals surface area contributed by atoms with Crippen molar-refractivity contribution in [2.24, 2.45) is 0 Å². The molecule has 0 fully saturated rings. The number of ether oxygens (including phenoxy) is 1. The Bertz CT molecular complexity index is 1300. The molecule has 0 aliphatic carbocycles. The Kier molecular flexibility index (Phi) is 20.3. The van der Waals surface area contributed by atoms with Crippen LogP contribution in [0, 0.1) is 24.4 Å². The molecule has 0 radical (unpaired) electrons. The molecule has 0 amide bonds. The highest BCUT2D eigenvalue weighted by molar-refractivity contribution is 7.27. The topological polar surface area (TPSA) is 76.1 Å². The Labute approximate surface area is 249 Å². The van der Waals surface area contributed by atoms with Crippen molar-refractivity contribution in [1.29, 1.82) is 0 Å². The number of carbonyl (C=O) groups is 1. The monoisotopic (exact) mass is 610 g/mol. The van der Waals surface area contributed by atoms with Gasteiger partial charge in [0.1, 0.15) is 18.4 Å².